The van der Waals surface area contributed by atoms with Crippen LogP contribution in [0.2, 0.25) is 0 Å². The van der Waals surface area contributed by atoms with Crippen molar-refractivity contribution in [2.75, 3.05) is 19.8 Å². The third kappa shape index (κ3) is 37.4. The second-order valence-corrected chi connectivity index (χ2v) is 16.7. The molecule has 0 aromatic heterocycles. The van der Waals surface area contributed by atoms with Crippen LogP contribution in [0.1, 0.15) is 219 Å². The third-order valence-electron chi connectivity index (χ3n) is 9.86. The Hall–Kier alpha value is -1.52. The van der Waals surface area contributed by atoms with Gasteiger partial charge in [-0.1, -0.05) is 194 Å². The van der Waals surface area contributed by atoms with Crippen molar-refractivity contribution in [2.24, 2.45) is 5.73 Å². The number of unbranched alkanes of at least 4 members (excludes halogenated alkanes) is 28. The van der Waals surface area contributed by atoms with Gasteiger partial charge in [-0.2, -0.15) is 0 Å². The highest BCUT2D eigenvalue weighted by Gasteiger charge is 2.28. The summed E-state index contributed by atoms with van der Waals surface area (Å²) in [7, 11) is -4.70. The Balaban J connectivity index is 4.20. The van der Waals surface area contributed by atoms with Crippen LogP contribution < -0.4 is 5.73 Å². The lowest BCUT2D eigenvalue weighted by molar-refractivity contribution is -0.161. The number of phosphoric acid groups is 1. The Morgan fingerprint density at radius 1 is 0.500 bits per heavy atom. The van der Waals surface area contributed by atoms with Gasteiger partial charge in [0.05, 0.1) is 13.2 Å². The lowest BCUT2D eigenvalue weighted by Crippen LogP contribution is -2.34. The van der Waals surface area contributed by atoms with E-state index in [1.165, 1.54) is 141 Å². The zero-order chi connectivity index (χ0) is 40.0. The second kappa shape index (κ2) is 38.4. The fraction of sp³-hybridized carbons (Fsp3) is 0.929. The number of carboxylic acids is 1. The van der Waals surface area contributed by atoms with Crippen LogP contribution in [0.25, 0.3) is 0 Å². The standard InChI is InChI=1S/C42H82NO10P/c1-3-5-7-9-11-13-15-16-17-18-19-20-21-22-23-24-26-27-29-31-33-40(44)50-35-38(36-51-54(48,49)52-37-39(43)42(46)47)53-41(45)34-32-30-28-25-14-12-10-8-6-4-2/h38-39H,3-37,43H2,1-2H3,(H,46,47)(H,48,49)/t38-,39+/m0/s1. The van der Waals surface area contributed by atoms with E-state index >= 15 is 0 Å². The van der Waals surface area contributed by atoms with Crippen molar-refractivity contribution in [1.82, 2.24) is 0 Å². The van der Waals surface area contributed by atoms with Gasteiger partial charge in [0.25, 0.3) is 0 Å². The number of esters is 2. The van der Waals surface area contributed by atoms with Crippen LogP contribution in [-0.2, 0) is 37.5 Å². The summed E-state index contributed by atoms with van der Waals surface area (Å²) in [6, 6.07) is -1.52. The van der Waals surface area contributed by atoms with Crippen molar-refractivity contribution in [1.29, 1.82) is 0 Å². The number of ether oxygens (including phenoxy) is 2. The fourth-order valence-corrected chi connectivity index (χ4v) is 7.14. The summed E-state index contributed by atoms with van der Waals surface area (Å²) in [5, 5.41) is 8.87. The summed E-state index contributed by atoms with van der Waals surface area (Å²) in [5.41, 5.74) is 5.32. The van der Waals surface area contributed by atoms with Gasteiger partial charge < -0.3 is 25.2 Å². The summed E-state index contributed by atoms with van der Waals surface area (Å²) in [5.74, 6) is -2.36. The average Bonchev–Trinajstić information content (AvgIpc) is 3.14. The molecule has 0 amide bonds. The Morgan fingerprint density at radius 2 is 0.815 bits per heavy atom. The molecule has 0 rings (SSSR count). The molecule has 0 fully saturated rings. The SMILES string of the molecule is CCCCCCCCCCCCCCCCCCCCCCC(=O)OC[C@@H](COP(=O)(O)OC[C@@H](N)C(=O)O)OC(=O)CCCCCCCCCCCC. The second-order valence-electron chi connectivity index (χ2n) is 15.2. The number of rotatable bonds is 42. The van der Waals surface area contributed by atoms with Gasteiger partial charge in [-0.05, 0) is 12.8 Å². The minimum atomic E-state index is -4.70. The maximum Gasteiger partial charge on any atom is 0.472 e. The molecule has 0 radical (unpaired) electrons. The molecule has 12 heteroatoms. The Kier molecular flexibility index (Phi) is 37.3. The van der Waals surface area contributed by atoms with Crippen molar-refractivity contribution in [3.8, 4) is 0 Å². The molecule has 0 saturated heterocycles. The van der Waals surface area contributed by atoms with E-state index in [2.05, 4.69) is 18.4 Å². The van der Waals surface area contributed by atoms with Gasteiger partial charge in [-0.15, -0.1) is 0 Å². The molecule has 0 aliphatic rings. The van der Waals surface area contributed by atoms with Gasteiger partial charge in [-0.25, -0.2) is 4.57 Å². The Morgan fingerprint density at radius 3 is 1.17 bits per heavy atom. The Labute approximate surface area is 329 Å². The zero-order valence-electron chi connectivity index (χ0n) is 34.6. The summed E-state index contributed by atoms with van der Waals surface area (Å²) in [4.78, 5) is 45.8. The first-order valence-corrected chi connectivity index (χ1v) is 23.6. The highest BCUT2D eigenvalue weighted by atomic mass is 31.2. The van der Waals surface area contributed by atoms with E-state index in [1.54, 1.807) is 0 Å². The first-order valence-electron chi connectivity index (χ1n) is 22.1. The molecule has 3 atom stereocenters. The van der Waals surface area contributed by atoms with Gasteiger partial charge in [-0.3, -0.25) is 23.4 Å². The van der Waals surface area contributed by atoms with E-state index in [4.69, 9.17) is 24.8 Å². The van der Waals surface area contributed by atoms with E-state index in [1.807, 2.05) is 0 Å². The van der Waals surface area contributed by atoms with Crippen LogP contribution >= 0.6 is 7.82 Å². The molecule has 1 unspecified atom stereocenters. The van der Waals surface area contributed by atoms with Crippen molar-refractivity contribution in [3.05, 3.63) is 0 Å². The van der Waals surface area contributed by atoms with Crippen LogP contribution in [0.3, 0.4) is 0 Å². The van der Waals surface area contributed by atoms with Crippen LogP contribution in [0.5, 0.6) is 0 Å². The first-order chi connectivity index (χ1) is 26.1. The van der Waals surface area contributed by atoms with E-state index < -0.39 is 51.1 Å². The maximum atomic E-state index is 12.6. The molecule has 0 bridgehead atoms. The number of carbonyl (C=O) groups excluding carboxylic acids is 2. The van der Waals surface area contributed by atoms with Crippen LogP contribution in [0, 0.1) is 0 Å². The van der Waals surface area contributed by atoms with Gasteiger partial charge in [0.1, 0.15) is 12.6 Å². The molecule has 0 aromatic rings. The smallest absolute Gasteiger partial charge is 0.472 e. The first kappa shape index (κ1) is 52.5. The third-order valence-corrected chi connectivity index (χ3v) is 10.8. The molecule has 0 aromatic carbocycles. The van der Waals surface area contributed by atoms with Crippen LogP contribution in [-0.4, -0.2) is 59.9 Å². The number of nitrogens with two attached hydrogens (primary N) is 1. The normalized spacial score (nSPS) is 13.7. The molecule has 54 heavy (non-hydrogen) atoms. The number of hydrogen-bond donors (Lipinski definition) is 3. The predicted molar refractivity (Wildman–Crippen MR) is 217 cm³/mol. The molecule has 0 saturated carbocycles. The van der Waals surface area contributed by atoms with E-state index in [-0.39, 0.29) is 19.4 Å². The molecule has 320 valence electrons. The van der Waals surface area contributed by atoms with Crippen molar-refractivity contribution in [2.45, 2.75) is 231 Å². The van der Waals surface area contributed by atoms with E-state index in [9.17, 15) is 23.8 Å². The van der Waals surface area contributed by atoms with Gasteiger partial charge in [0.2, 0.25) is 0 Å². The molecular weight excluding hydrogens is 709 g/mol. The molecule has 0 heterocycles. The molecule has 0 aliphatic heterocycles. The van der Waals surface area contributed by atoms with Crippen molar-refractivity contribution >= 4 is 25.7 Å². The maximum absolute atomic E-state index is 12.6. The lowest BCUT2D eigenvalue weighted by atomic mass is 10.0. The topological polar surface area (TPSA) is 172 Å². The molecular formula is C42H82NO10P. The molecule has 11 nitrogen and oxygen atoms in total. The van der Waals surface area contributed by atoms with E-state index in [0.717, 1.165) is 38.5 Å². The van der Waals surface area contributed by atoms with Gasteiger partial charge in [0, 0.05) is 12.8 Å². The summed E-state index contributed by atoms with van der Waals surface area (Å²) >= 11 is 0. The Bertz CT molecular complexity index is 937. The summed E-state index contributed by atoms with van der Waals surface area (Å²) < 4.78 is 32.6. The molecule has 0 aliphatic carbocycles. The highest BCUT2D eigenvalue weighted by molar-refractivity contribution is 7.47. The fourth-order valence-electron chi connectivity index (χ4n) is 6.36. The zero-order valence-corrected chi connectivity index (χ0v) is 35.5. The number of hydrogen-bond acceptors (Lipinski definition) is 9. The lowest BCUT2D eigenvalue weighted by Gasteiger charge is -2.20. The molecule has 0 spiro atoms. The molecule has 4 N–H and O–H groups in total. The minimum absolute atomic E-state index is 0.168. The van der Waals surface area contributed by atoms with Gasteiger partial charge >= 0.3 is 25.7 Å². The minimum Gasteiger partial charge on any atom is -0.480 e. The average molecular weight is 792 g/mol. The highest BCUT2D eigenvalue weighted by Crippen LogP contribution is 2.43. The quantitative estimate of drug-likeness (QED) is 0.0305. The largest absolute Gasteiger partial charge is 0.480 e. The monoisotopic (exact) mass is 792 g/mol. The van der Waals surface area contributed by atoms with Crippen LogP contribution in [0.15, 0.2) is 0 Å². The van der Waals surface area contributed by atoms with Crippen molar-refractivity contribution < 1.29 is 47.5 Å². The number of carbonyl (C=O) groups is 3. The predicted octanol–water partition coefficient (Wildman–Crippen LogP) is 11.5. The number of carboxylic acid groups (broad SMARTS) is 1. The van der Waals surface area contributed by atoms with Crippen LogP contribution in [0.4, 0.5) is 0 Å². The summed E-state index contributed by atoms with van der Waals surface area (Å²) in [6.45, 7) is 2.81. The number of aliphatic carboxylic acids is 1. The number of phosphoric ester groups is 1. The summed E-state index contributed by atoms with van der Waals surface area (Å²) in [6.07, 6.45) is 36.1. The van der Waals surface area contributed by atoms with Gasteiger partial charge in [0.15, 0.2) is 6.10 Å². The van der Waals surface area contributed by atoms with Crippen molar-refractivity contribution in [3.63, 3.8) is 0 Å². The van der Waals surface area contributed by atoms with E-state index in [0.29, 0.717) is 12.8 Å².